The van der Waals surface area contributed by atoms with Crippen LogP contribution in [0, 0.1) is 0 Å². The van der Waals surface area contributed by atoms with Gasteiger partial charge >= 0.3 is 11.9 Å². The SMILES string of the molecule is CCCCCCCCCCCCO.CCCCCCCCCCCCO[C@@H]1C[C@H](OC(=O)CCCN(C)C)O[C@@H]1COC(=O)CCCN(C)C. The zero-order valence-corrected chi connectivity index (χ0v) is 33.7. The van der Waals surface area contributed by atoms with Crippen LogP contribution < -0.4 is 0 Å². The molecule has 0 aromatic rings. The molecule has 298 valence electrons. The van der Waals surface area contributed by atoms with Crippen LogP contribution in [0.2, 0.25) is 0 Å². The monoisotopic (exact) mass is 715 g/mol. The maximum absolute atomic E-state index is 12.2. The molecule has 0 aromatic carbocycles. The highest BCUT2D eigenvalue weighted by molar-refractivity contribution is 5.69. The van der Waals surface area contributed by atoms with Crippen LogP contribution in [0.5, 0.6) is 0 Å². The topological polar surface area (TPSA) is 97.8 Å². The van der Waals surface area contributed by atoms with Crippen LogP contribution in [0.25, 0.3) is 0 Å². The highest BCUT2D eigenvalue weighted by atomic mass is 16.7. The maximum atomic E-state index is 12.2. The Balaban J connectivity index is 0.00000155. The number of hydrogen-bond acceptors (Lipinski definition) is 9. The fourth-order valence-corrected chi connectivity index (χ4v) is 6.03. The number of carbonyl (C=O) groups is 2. The number of nitrogens with zero attached hydrogens (tertiary/aromatic N) is 2. The second-order valence-corrected chi connectivity index (χ2v) is 14.8. The van der Waals surface area contributed by atoms with E-state index < -0.39 is 12.4 Å². The lowest BCUT2D eigenvalue weighted by Gasteiger charge is -2.19. The summed E-state index contributed by atoms with van der Waals surface area (Å²) in [5.41, 5.74) is 0. The van der Waals surface area contributed by atoms with Gasteiger partial charge in [-0.05, 0) is 67.0 Å². The summed E-state index contributed by atoms with van der Waals surface area (Å²) in [7, 11) is 7.93. The lowest BCUT2D eigenvalue weighted by atomic mass is 10.1. The molecule has 9 heteroatoms. The van der Waals surface area contributed by atoms with Crippen molar-refractivity contribution in [2.24, 2.45) is 0 Å². The highest BCUT2D eigenvalue weighted by Crippen LogP contribution is 2.26. The highest BCUT2D eigenvalue weighted by Gasteiger charge is 2.39. The number of unbranched alkanes of at least 4 members (excludes halogenated alkanes) is 18. The van der Waals surface area contributed by atoms with E-state index in [1.807, 2.05) is 38.0 Å². The van der Waals surface area contributed by atoms with E-state index in [0.29, 0.717) is 32.5 Å². The molecule has 0 aromatic heterocycles. The third kappa shape index (κ3) is 32.6. The first-order chi connectivity index (χ1) is 24.2. The fourth-order valence-electron chi connectivity index (χ4n) is 6.03. The molecule has 3 atom stereocenters. The zero-order valence-electron chi connectivity index (χ0n) is 33.7. The van der Waals surface area contributed by atoms with Gasteiger partial charge in [-0.15, -0.1) is 0 Å². The van der Waals surface area contributed by atoms with Crippen LogP contribution in [0.15, 0.2) is 0 Å². The van der Waals surface area contributed by atoms with Gasteiger partial charge in [0.2, 0.25) is 6.29 Å². The predicted molar refractivity (Wildman–Crippen MR) is 206 cm³/mol. The van der Waals surface area contributed by atoms with Crippen molar-refractivity contribution in [2.75, 3.05) is 61.1 Å². The summed E-state index contributed by atoms with van der Waals surface area (Å²) in [6.45, 7) is 7.32. The summed E-state index contributed by atoms with van der Waals surface area (Å²) in [6.07, 6.45) is 27.4. The third-order valence-electron chi connectivity index (χ3n) is 9.15. The molecular formula is C41H82N2O7. The molecular weight excluding hydrogens is 632 g/mol. The van der Waals surface area contributed by atoms with Crippen molar-refractivity contribution in [1.29, 1.82) is 0 Å². The van der Waals surface area contributed by atoms with Gasteiger partial charge in [-0.25, -0.2) is 0 Å². The van der Waals surface area contributed by atoms with Crippen LogP contribution in [0.3, 0.4) is 0 Å². The first-order valence-electron chi connectivity index (χ1n) is 20.8. The Kier molecular flexibility index (Phi) is 35.2. The fraction of sp³-hybridized carbons (Fsp3) is 0.951. The zero-order chi connectivity index (χ0) is 37.1. The molecule has 50 heavy (non-hydrogen) atoms. The van der Waals surface area contributed by atoms with Gasteiger partial charge in [0.15, 0.2) is 0 Å². The number of aliphatic hydroxyl groups excluding tert-OH is 1. The van der Waals surface area contributed by atoms with Crippen molar-refractivity contribution in [3.8, 4) is 0 Å². The van der Waals surface area contributed by atoms with E-state index in [1.54, 1.807) is 0 Å². The van der Waals surface area contributed by atoms with Crippen LogP contribution >= 0.6 is 0 Å². The second kappa shape index (κ2) is 36.1. The van der Waals surface area contributed by atoms with Crippen molar-refractivity contribution >= 4 is 11.9 Å². The van der Waals surface area contributed by atoms with E-state index in [-0.39, 0.29) is 24.6 Å². The maximum Gasteiger partial charge on any atom is 0.308 e. The predicted octanol–water partition coefficient (Wildman–Crippen LogP) is 9.08. The number of rotatable bonds is 33. The Hall–Kier alpha value is -1.26. The van der Waals surface area contributed by atoms with Crippen molar-refractivity contribution < 1.29 is 33.6 Å². The average molecular weight is 715 g/mol. The quantitative estimate of drug-likeness (QED) is 0.0527. The molecule has 0 bridgehead atoms. The first-order valence-corrected chi connectivity index (χ1v) is 20.8. The Labute approximate surface area is 308 Å². The lowest BCUT2D eigenvalue weighted by molar-refractivity contribution is -0.181. The lowest BCUT2D eigenvalue weighted by Crippen LogP contribution is -2.31. The summed E-state index contributed by atoms with van der Waals surface area (Å²) >= 11 is 0. The Morgan fingerprint density at radius 2 is 1.06 bits per heavy atom. The molecule has 1 saturated heterocycles. The summed E-state index contributed by atoms with van der Waals surface area (Å²) in [5.74, 6) is -0.496. The number of carbonyl (C=O) groups excluding carboxylic acids is 2. The number of ether oxygens (including phenoxy) is 4. The summed E-state index contributed by atoms with van der Waals surface area (Å²) in [4.78, 5) is 28.5. The van der Waals surface area contributed by atoms with Gasteiger partial charge < -0.3 is 33.9 Å². The Bertz CT molecular complexity index is 742. The van der Waals surface area contributed by atoms with Crippen LogP contribution in [-0.4, -0.2) is 106 Å². The Morgan fingerprint density at radius 3 is 1.52 bits per heavy atom. The van der Waals surface area contributed by atoms with Gasteiger partial charge in [-0.2, -0.15) is 0 Å². The second-order valence-electron chi connectivity index (χ2n) is 14.8. The molecule has 1 rings (SSSR count). The number of aliphatic hydroxyl groups is 1. The third-order valence-corrected chi connectivity index (χ3v) is 9.15. The van der Waals surface area contributed by atoms with E-state index in [1.165, 1.54) is 109 Å². The molecule has 0 spiro atoms. The van der Waals surface area contributed by atoms with Gasteiger partial charge in [0.1, 0.15) is 12.7 Å². The summed E-state index contributed by atoms with van der Waals surface area (Å²) < 4.78 is 23.1. The minimum absolute atomic E-state index is 0.123. The van der Waals surface area contributed by atoms with Crippen molar-refractivity contribution in [3.63, 3.8) is 0 Å². The van der Waals surface area contributed by atoms with Crippen molar-refractivity contribution in [3.05, 3.63) is 0 Å². The molecule has 0 radical (unpaired) electrons. The van der Waals surface area contributed by atoms with Crippen LogP contribution in [0.4, 0.5) is 0 Å². The molecule has 1 heterocycles. The van der Waals surface area contributed by atoms with Crippen LogP contribution in [0.1, 0.15) is 174 Å². The van der Waals surface area contributed by atoms with E-state index in [2.05, 4.69) is 13.8 Å². The molecule has 0 saturated carbocycles. The normalized spacial score (nSPS) is 17.3. The smallest absolute Gasteiger partial charge is 0.308 e. The van der Waals surface area contributed by atoms with Gasteiger partial charge in [-0.3, -0.25) is 9.59 Å². The molecule has 1 fully saturated rings. The molecule has 1 N–H and O–H groups in total. The summed E-state index contributed by atoms with van der Waals surface area (Å²) in [6, 6.07) is 0. The van der Waals surface area contributed by atoms with Crippen LogP contribution in [-0.2, 0) is 28.5 Å². The first kappa shape index (κ1) is 48.7. The average Bonchev–Trinajstić information content (AvgIpc) is 3.46. The molecule has 9 nitrogen and oxygen atoms in total. The summed E-state index contributed by atoms with van der Waals surface area (Å²) in [5, 5.41) is 8.57. The standard InChI is InChI=1S/C29H56N2O6.C12H26O/c1-6-7-8-9-10-11-12-13-14-15-22-34-25-23-29(37-28(33)19-17-21-31(4)5)36-26(25)24-35-27(32)18-16-20-30(2)3;1-2-3-4-5-6-7-8-9-10-11-12-13/h25-26,29H,6-24H2,1-5H3;13H,2-12H2,1H3/t25-,26-,29+;/m1./s1. The van der Waals surface area contributed by atoms with Gasteiger partial charge in [-0.1, -0.05) is 129 Å². The molecule has 0 amide bonds. The molecule has 1 aliphatic rings. The number of esters is 2. The van der Waals surface area contributed by atoms with E-state index in [9.17, 15) is 9.59 Å². The van der Waals surface area contributed by atoms with Gasteiger partial charge in [0, 0.05) is 32.5 Å². The van der Waals surface area contributed by atoms with Gasteiger partial charge in [0.05, 0.1) is 6.10 Å². The largest absolute Gasteiger partial charge is 0.463 e. The van der Waals surface area contributed by atoms with Crippen molar-refractivity contribution in [2.45, 2.75) is 193 Å². The Morgan fingerprint density at radius 1 is 0.620 bits per heavy atom. The van der Waals surface area contributed by atoms with Crippen molar-refractivity contribution in [1.82, 2.24) is 9.80 Å². The number of hydrogen-bond donors (Lipinski definition) is 1. The van der Waals surface area contributed by atoms with E-state index >= 15 is 0 Å². The minimum Gasteiger partial charge on any atom is -0.463 e. The molecule has 0 aliphatic carbocycles. The minimum atomic E-state index is -0.651. The molecule has 0 unspecified atom stereocenters. The van der Waals surface area contributed by atoms with Gasteiger partial charge in [0.25, 0.3) is 0 Å². The molecule has 1 aliphatic heterocycles. The van der Waals surface area contributed by atoms with E-state index in [4.69, 9.17) is 24.1 Å². The van der Waals surface area contributed by atoms with E-state index in [0.717, 1.165) is 45.2 Å².